The Bertz CT molecular complexity index is 1680. The van der Waals surface area contributed by atoms with Gasteiger partial charge in [-0.25, -0.2) is 8.42 Å². The molecule has 0 bridgehead atoms. The molecule has 0 fully saturated rings. The quantitative estimate of drug-likeness (QED) is 0.235. The van der Waals surface area contributed by atoms with Gasteiger partial charge in [-0.1, -0.05) is 85.8 Å². The van der Waals surface area contributed by atoms with E-state index in [1.165, 1.54) is 4.31 Å². The van der Waals surface area contributed by atoms with E-state index in [2.05, 4.69) is 5.32 Å². The van der Waals surface area contributed by atoms with Crippen molar-refractivity contribution < 1.29 is 18.0 Å². The van der Waals surface area contributed by atoms with E-state index in [1.54, 1.807) is 17.0 Å². The Morgan fingerprint density at radius 1 is 0.905 bits per heavy atom. The summed E-state index contributed by atoms with van der Waals surface area (Å²) in [7, 11) is -3.71. The smallest absolute Gasteiger partial charge is 0.265 e. The highest BCUT2D eigenvalue weighted by Gasteiger charge is 2.36. The number of hydrogen-bond donors (Lipinski definition) is 1. The monoisotopic (exact) mass is 583 g/mol. The number of anilines is 1. The molecule has 1 aliphatic heterocycles. The van der Waals surface area contributed by atoms with Crippen molar-refractivity contribution >= 4 is 38.3 Å². The fourth-order valence-electron chi connectivity index (χ4n) is 5.61. The fraction of sp³-hybridized carbons (Fsp3) is 0.294. The predicted octanol–water partition coefficient (Wildman–Crippen LogP) is 5.60. The van der Waals surface area contributed by atoms with Crippen molar-refractivity contribution in [2.45, 2.75) is 57.0 Å². The molecule has 0 radical (unpaired) electrons. The first-order valence-corrected chi connectivity index (χ1v) is 16.0. The van der Waals surface area contributed by atoms with E-state index in [0.717, 1.165) is 33.9 Å². The van der Waals surface area contributed by atoms with Crippen LogP contribution in [-0.4, -0.2) is 44.3 Å². The van der Waals surface area contributed by atoms with Gasteiger partial charge in [-0.15, -0.1) is 0 Å². The Kier molecular flexibility index (Phi) is 8.92. The summed E-state index contributed by atoms with van der Waals surface area (Å²) in [6.07, 6.45) is 1.60. The van der Waals surface area contributed by atoms with E-state index < -0.39 is 16.1 Å². The van der Waals surface area contributed by atoms with Gasteiger partial charge in [0.25, 0.3) is 10.0 Å². The average Bonchev–Trinajstić information content (AvgIpc) is 3.22. The van der Waals surface area contributed by atoms with Crippen LogP contribution in [0.15, 0.2) is 95.9 Å². The highest BCUT2D eigenvalue weighted by Crippen LogP contribution is 2.42. The van der Waals surface area contributed by atoms with Crippen LogP contribution >= 0.6 is 0 Å². The standard InChI is InChI=1S/C34H37N3O4S/c1-3-21-35-34(39)30(23-26-13-5-4-6-14-26)36(24-28-15-8-7-12-25(28)2)32(38)20-11-22-37-29-18-9-16-27-17-10-19-31(33(27)29)42(37,40)41/h4-10,12-19,30H,3,11,20-24H2,1-2H3,(H,35,39)/t30-/m0/s1. The van der Waals surface area contributed by atoms with Gasteiger partial charge in [0.15, 0.2) is 0 Å². The molecule has 0 aromatic heterocycles. The van der Waals surface area contributed by atoms with Gasteiger partial charge in [0.05, 0.1) is 10.6 Å². The molecule has 0 unspecified atom stereocenters. The Hall–Kier alpha value is -4.17. The summed E-state index contributed by atoms with van der Waals surface area (Å²) in [6.45, 7) is 4.97. The molecule has 42 heavy (non-hydrogen) atoms. The summed E-state index contributed by atoms with van der Waals surface area (Å²) in [5, 5.41) is 4.60. The number of nitrogens with one attached hydrogen (secondary N) is 1. The molecule has 1 atom stereocenters. The van der Waals surface area contributed by atoms with Crippen molar-refractivity contribution in [2.75, 3.05) is 17.4 Å². The van der Waals surface area contributed by atoms with Gasteiger partial charge in [0, 0.05) is 37.9 Å². The van der Waals surface area contributed by atoms with Crippen LogP contribution in [0.3, 0.4) is 0 Å². The average molecular weight is 584 g/mol. The lowest BCUT2D eigenvalue weighted by molar-refractivity contribution is -0.141. The maximum absolute atomic E-state index is 14.0. The number of benzene rings is 4. The third-order valence-electron chi connectivity index (χ3n) is 7.86. The topological polar surface area (TPSA) is 86.8 Å². The lowest BCUT2D eigenvalue weighted by Crippen LogP contribution is -2.50. The van der Waals surface area contributed by atoms with Crippen molar-refractivity contribution in [3.05, 3.63) is 108 Å². The van der Waals surface area contributed by atoms with Crippen LogP contribution in [0.25, 0.3) is 10.8 Å². The van der Waals surface area contributed by atoms with Crippen LogP contribution in [-0.2, 0) is 32.6 Å². The van der Waals surface area contributed by atoms with Crippen LogP contribution in [0.2, 0.25) is 0 Å². The molecular formula is C34H37N3O4S. The van der Waals surface area contributed by atoms with E-state index in [4.69, 9.17) is 0 Å². The maximum Gasteiger partial charge on any atom is 0.265 e. The van der Waals surface area contributed by atoms with E-state index in [-0.39, 0.29) is 31.3 Å². The first-order valence-electron chi connectivity index (χ1n) is 14.5. The molecule has 1 heterocycles. The van der Waals surface area contributed by atoms with Crippen LogP contribution in [0.1, 0.15) is 42.9 Å². The molecule has 1 aliphatic rings. The zero-order valence-electron chi connectivity index (χ0n) is 24.1. The van der Waals surface area contributed by atoms with Crippen molar-refractivity contribution in [1.82, 2.24) is 10.2 Å². The van der Waals surface area contributed by atoms with Crippen molar-refractivity contribution in [3.8, 4) is 0 Å². The molecular weight excluding hydrogens is 546 g/mol. The zero-order chi connectivity index (χ0) is 29.7. The van der Waals surface area contributed by atoms with Crippen LogP contribution < -0.4 is 9.62 Å². The van der Waals surface area contributed by atoms with Gasteiger partial charge >= 0.3 is 0 Å². The second kappa shape index (κ2) is 12.8. The summed E-state index contributed by atoms with van der Waals surface area (Å²) >= 11 is 0. The normalized spacial score (nSPS) is 14.1. The Morgan fingerprint density at radius 2 is 1.62 bits per heavy atom. The number of carbonyl (C=O) groups excluding carboxylic acids is 2. The SMILES string of the molecule is CCCNC(=O)[C@H](Cc1ccccc1)N(Cc1ccccc1C)C(=O)CCCN1c2cccc3cccc(c23)S1(=O)=O. The number of rotatable bonds is 12. The molecule has 218 valence electrons. The summed E-state index contributed by atoms with van der Waals surface area (Å²) in [5.41, 5.74) is 3.62. The molecule has 5 rings (SSSR count). The summed E-state index contributed by atoms with van der Waals surface area (Å²) in [6, 6.07) is 27.8. The van der Waals surface area contributed by atoms with Gasteiger partial charge in [-0.3, -0.25) is 13.9 Å². The third-order valence-corrected chi connectivity index (χ3v) is 9.71. The van der Waals surface area contributed by atoms with Crippen LogP contribution in [0.4, 0.5) is 5.69 Å². The summed E-state index contributed by atoms with van der Waals surface area (Å²) in [5.74, 6) is -0.370. The second-order valence-corrected chi connectivity index (χ2v) is 12.6. The molecule has 2 amide bonds. The maximum atomic E-state index is 14.0. The van der Waals surface area contributed by atoms with Crippen molar-refractivity contribution in [3.63, 3.8) is 0 Å². The van der Waals surface area contributed by atoms with Gasteiger partial charge in [0.1, 0.15) is 6.04 Å². The number of carbonyl (C=O) groups is 2. The van der Waals surface area contributed by atoms with E-state index in [9.17, 15) is 18.0 Å². The molecule has 4 aromatic carbocycles. The number of sulfonamides is 1. The first-order chi connectivity index (χ1) is 20.3. The summed E-state index contributed by atoms with van der Waals surface area (Å²) in [4.78, 5) is 29.5. The van der Waals surface area contributed by atoms with Crippen LogP contribution in [0.5, 0.6) is 0 Å². The van der Waals surface area contributed by atoms with Crippen LogP contribution in [0, 0.1) is 6.92 Å². The minimum absolute atomic E-state index is 0.108. The lowest BCUT2D eigenvalue weighted by atomic mass is 10.0. The molecule has 4 aromatic rings. The predicted molar refractivity (Wildman–Crippen MR) is 167 cm³/mol. The van der Waals surface area contributed by atoms with Gasteiger partial charge in [0.2, 0.25) is 11.8 Å². The lowest BCUT2D eigenvalue weighted by Gasteiger charge is -2.32. The number of nitrogens with zero attached hydrogens (tertiary/aromatic N) is 2. The first kappa shape index (κ1) is 29.3. The zero-order valence-corrected chi connectivity index (χ0v) is 24.9. The molecule has 0 saturated heterocycles. The van der Waals surface area contributed by atoms with Crippen molar-refractivity contribution in [2.24, 2.45) is 0 Å². The third kappa shape index (κ3) is 6.04. The fourth-order valence-corrected chi connectivity index (χ4v) is 7.36. The molecule has 0 aliphatic carbocycles. The van der Waals surface area contributed by atoms with E-state index >= 15 is 0 Å². The van der Waals surface area contributed by atoms with Gasteiger partial charge in [-0.05, 0) is 54.0 Å². The molecule has 1 N–H and O–H groups in total. The van der Waals surface area contributed by atoms with Crippen molar-refractivity contribution in [1.29, 1.82) is 0 Å². The molecule has 7 nitrogen and oxygen atoms in total. The number of hydrogen-bond acceptors (Lipinski definition) is 4. The Morgan fingerprint density at radius 3 is 2.36 bits per heavy atom. The van der Waals surface area contributed by atoms with Gasteiger partial charge < -0.3 is 10.2 Å². The minimum Gasteiger partial charge on any atom is -0.354 e. The van der Waals surface area contributed by atoms with Gasteiger partial charge in [-0.2, -0.15) is 0 Å². The second-order valence-electron chi connectivity index (χ2n) is 10.8. The highest BCUT2D eigenvalue weighted by molar-refractivity contribution is 7.93. The molecule has 0 spiro atoms. The van der Waals surface area contributed by atoms with E-state index in [1.807, 2.05) is 92.7 Å². The molecule has 0 saturated carbocycles. The number of amides is 2. The number of aryl methyl sites for hydroxylation is 1. The molecule has 8 heteroatoms. The minimum atomic E-state index is -3.71. The Balaban J connectivity index is 1.39. The largest absolute Gasteiger partial charge is 0.354 e. The highest BCUT2D eigenvalue weighted by atomic mass is 32.2. The summed E-state index contributed by atoms with van der Waals surface area (Å²) < 4.78 is 28.3. The van der Waals surface area contributed by atoms with E-state index in [0.29, 0.717) is 30.0 Å². The Labute approximate surface area is 248 Å².